The minimum Gasteiger partial charge on any atom is -0.0761 e. The van der Waals surface area contributed by atoms with E-state index in [4.69, 9.17) is 6.42 Å². The molecule has 0 aromatic heterocycles. The van der Waals surface area contributed by atoms with E-state index < -0.39 is 7.92 Å². The first-order valence-electron chi connectivity index (χ1n) is 5.68. The van der Waals surface area contributed by atoms with Crippen LogP contribution in [-0.4, -0.2) is 0 Å². The number of hydrogen-bond acceptors (Lipinski definition) is 0. The van der Waals surface area contributed by atoms with Crippen LogP contribution in [0.25, 0.3) is 0 Å². The van der Waals surface area contributed by atoms with E-state index in [1.54, 1.807) is 0 Å². The molecule has 0 aliphatic carbocycles. The first kappa shape index (κ1) is 11.9. The van der Waals surface area contributed by atoms with Gasteiger partial charge in [0.05, 0.1) is 5.66 Å². The van der Waals surface area contributed by atoms with Crippen LogP contribution in [0.3, 0.4) is 0 Å². The number of rotatable bonds is 2. The van der Waals surface area contributed by atoms with E-state index in [2.05, 4.69) is 68.0 Å². The molecule has 0 aliphatic rings. The molecule has 0 atom stereocenters. The molecule has 0 amide bonds. The lowest BCUT2D eigenvalue weighted by atomic mass is 10.2. The van der Waals surface area contributed by atoms with Crippen molar-refractivity contribution in [3.05, 3.63) is 59.7 Å². The molecule has 84 valence electrons. The Hall–Kier alpha value is -1.57. The highest BCUT2D eigenvalue weighted by Gasteiger charge is 2.19. The van der Waals surface area contributed by atoms with Crippen molar-refractivity contribution in [2.24, 2.45) is 0 Å². The van der Waals surface area contributed by atoms with E-state index >= 15 is 0 Å². The van der Waals surface area contributed by atoms with Crippen molar-refractivity contribution < 1.29 is 0 Å². The van der Waals surface area contributed by atoms with Gasteiger partial charge in [-0.1, -0.05) is 41.8 Å². The Balaban J connectivity index is 2.37. The van der Waals surface area contributed by atoms with E-state index in [9.17, 15) is 0 Å². The van der Waals surface area contributed by atoms with Crippen molar-refractivity contribution in [3.63, 3.8) is 0 Å². The third-order valence-corrected chi connectivity index (χ3v) is 4.93. The maximum atomic E-state index is 5.71. The fraction of sp³-hybridized carbons (Fsp3) is 0.125. The minimum atomic E-state index is -1.04. The summed E-state index contributed by atoms with van der Waals surface area (Å²) in [6, 6.07) is 17.1. The quantitative estimate of drug-likeness (QED) is 0.558. The van der Waals surface area contributed by atoms with Gasteiger partial charge in [-0.2, -0.15) is 0 Å². The van der Waals surface area contributed by atoms with Gasteiger partial charge in [0, 0.05) is 0 Å². The molecule has 2 rings (SSSR count). The molecule has 1 heteroatoms. The van der Waals surface area contributed by atoms with Crippen LogP contribution in [-0.2, 0) is 0 Å². The Morgan fingerprint density at radius 2 is 1.12 bits per heavy atom. The van der Waals surface area contributed by atoms with E-state index in [-0.39, 0.29) is 0 Å². The van der Waals surface area contributed by atoms with Gasteiger partial charge in [0.1, 0.15) is 18.5 Å². The van der Waals surface area contributed by atoms with Crippen LogP contribution in [0.15, 0.2) is 48.5 Å². The van der Waals surface area contributed by atoms with Gasteiger partial charge >= 0.3 is 0 Å². The van der Waals surface area contributed by atoms with Gasteiger partial charge in [-0.3, -0.25) is 0 Å². The zero-order valence-corrected chi connectivity index (χ0v) is 11.2. The topological polar surface area (TPSA) is 0 Å². The fourth-order valence-corrected chi connectivity index (χ4v) is 3.44. The van der Waals surface area contributed by atoms with Crippen molar-refractivity contribution in [2.75, 3.05) is 0 Å². The van der Waals surface area contributed by atoms with Gasteiger partial charge < -0.3 is 0 Å². The molecule has 2 aromatic rings. The molecular weight excluding hydrogens is 223 g/mol. The highest BCUT2D eigenvalue weighted by atomic mass is 31.1. The summed E-state index contributed by atoms with van der Waals surface area (Å²) in [7, 11) is -1.04. The van der Waals surface area contributed by atoms with Crippen molar-refractivity contribution in [3.8, 4) is 12.1 Å². The van der Waals surface area contributed by atoms with Gasteiger partial charge in [0.15, 0.2) is 0 Å². The van der Waals surface area contributed by atoms with Crippen LogP contribution in [0.5, 0.6) is 0 Å². The van der Waals surface area contributed by atoms with Crippen molar-refractivity contribution in [1.29, 1.82) is 0 Å². The standard InChI is InChI=1S/C16H15P/c1-4-17(15-9-5-13(2)6-10-15)16-11-7-14(3)8-12-16/h1,5-12H,2-3H3/p+1. The summed E-state index contributed by atoms with van der Waals surface area (Å²) in [5.41, 5.74) is 5.52. The second-order valence-electron chi connectivity index (χ2n) is 4.25. The smallest absolute Gasteiger partial charge is 0.0761 e. The summed E-state index contributed by atoms with van der Waals surface area (Å²) in [4.78, 5) is 0. The Morgan fingerprint density at radius 1 is 0.765 bits per heavy atom. The van der Waals surface area contributed by atoms with E-state index in [0.29, 0.717) is 0 Å². The summed E-state index contributed by atoms with van der Waals surface area (Å²) < 4.78 is 0. The number of benzene rings is 2. The summed E-state index contributed by atoms with van der Waals surface area (Å²) >= 11 is 0. The molecule has 0 N–H and O–H groups in total. The van der Waals surface area contributed by atoms with Crippen LogP contribution in [0, 0.1) is 25.9 Å². The molecule has 0 saturated heterocycles. The normalized spacial score (nSPS) is 10.2. The summed E-state index contributed by atoms with van der Waals surface area (Å²) in [5, 5.41) is 2.57. The Bertz CT molecular complexity index is 484. The molecule has 0 unspecified atom stereocenters. The summed E-state index contributed by atoms with van der Waals surface area (Å²) in [5.74, 6) is 0. The highest BCUT2D eigenvalue weighted by Crippen LogP contribution is 2.31. The van der Waals surface area contributed by atoms with Crippen LogP contribution < -0.4 is 10.6 Å². The Kier molecular flexibility index (Phi) is 3.62. The van der Waals surface area contributed by atoms with Crippen molar-refractivity contribution >= 4 is 18.5 Å². The third-order valence-electron chi connectivity index (χ3n) is 2.82. The van der Waals surface area contributed by atoms with E-state index in [1.165, 1.54) is 21.7 Å². The molecular formula is C16H16P+. The molecule has 0 spiro atoms. The summed E-state index contributed by atoms with van der Waals surface area (Å²) in [6.07, 6.45) is 5.71. The maximum absolute atomic E-state index is 5.71. The monoisotopic (exact) mass is 239 g/mol. The first-order chi connectivity index (χ1) is 8.20. The van der Waals surface area contributed by atoms with Gasteiger partial charge in [0.2, 0.25) is 0 Å². The Labute approximate surface area is 104 Å². The number of terminal acetylenes is 1. The third kappa shape index (κ3) is 2.76. The number of aryl methyl sites for hydroxylation is 2. The summed E-state index contributed by atoms with van der Waals surface area (Å²) in [6.45, 7) is 4.19. The lowest BCUT2D eigenvalue weighted by molar-refractivity contribution is 1.49. The second-order valence-corrected chi connectivity index (χ2v) is 6.44. The molecule has 17 heavy (non-hydrogen) atoms. The van der Waals surface area contributed by atoms with E-state index in [1.807, 2.05) is 0 Å². The predicted octanol–water partition coefficient (Wildman–Crippen LogP) is 3.06. The molecule has 2 aromatic carbocycles. The second kappa shape index (κ2) is 5.17. The van der Waals surface area contributed by atoms with Crippen LogP contribution in [0.4, 0.5) is 0 Å². The molecule has 0 nitrogen and oxygen atoms in total. The average Bonchev–Trinajstić information content (AvgIpc) is 2.35. The lowest BCUT2D eigenvalue weighted by Gasteiger charge is -2.04. The van der Waals surface area contributed by atoms with Crippen LogP contribution in [0.1, 0.15) is 11.1 Å². The SMILES string of the molecule is C#C[PH+](c1ccc(C)cc1)c1ccc(C)cc1. The molecule has 0 heterocycles. The zero-order chi connectivity index (χ0) is 12.3. The predicted molar refractivity (Wildman–Crippen MR) is 78.8 cm³/mol. The molecule has 0 aliphatic heterocycles. The van der Waals surface area contributed by atoms with Crippen LogP contribution in [0.2, 0.25) is 0 Å². The average molecular weight is 239 g/mol. The maximum Gasteiger partial charge on any atom is 0.143 e. The van der Waals surface area contributed by atoms with Crippen molar-refractivity contribution in [2.45, 2.75) is 13.8 Å². The molecule has 0 bridgehead atoms. The van der Waals surface area contributed by atoms with Gasteiger partial charge in [-0.05, 0) is 38.1 Å². The Morgan fingerprint density at radius 3 is 1.41 bits per heavy atom. The highest BCUT2D eigenvalue weighted by molar-refractivity contribution is 7.77. The van der Waals surface area contributed by atoms with Gasteiger partial charge in [-0.15, -0.1) is 0 Å². The van der Waals surface area contributed by atoms with Gasteiger partial charge in [-0.25, -0.2) is 0 Å². The molecule has 0 radical (unpaired) electrons. The van der Waals surface area contributed by atoms with Crippen molar-refractivity contribution in [1.82, 2.24) is 0 Å². The zero-order valence-electron chi connectivity index (χ0n) is 10.2. The minimum absolute atomic E-state index is 1.04. The fourth-order valence-electron chi connectivity index (χ4n) is 1.77. The van der Waals surface area contributed by atoms with Gasteiger partial charge in [0.25, 0.3) is 0 Å². The van der Waals surface area contributed by atoms with Crippen LogP contribution >= 0.6 is 7.92 Å². The van der Waals surface area contributed by atoms with E-state index in [0.717, 1.165) is 0 Å². The molecule has 0 fully saturated rings. The molecule has 0 saturated carbocycles. The number of hydrogen-bond donors (Lipinski definition) is 0. The first-order valence-corrected chi connectivity index (χ1v) is 7.18. The largest absolute Gasteiger partial charge is 0.143 e. The lowest BCUT2D eigenvalue weighted by Crippen LogP contribution is -2.10.